The molecule has 0 aliphatic carbocycles. The highest BCUT2D eigenvalue weighted by molar-refractivity contribution is 7.91. The molecule has 0 unspecified atom stereocenters. The third-order valence-corrected chi connectivity index (χ3v) is 4.23. The second-order valence-electron chi connectivity index (χ2n) is 4.31. The van der Waals surface area contributed by atoms with Crippen molar-refractivity contribution in [2.45, 2.75) is 30.5 Å². The summed E-state index contributed by atoms with van der Waals surface area (Å²) < 4.78 is 29.4. The number of sulfone groups is 1. The van der Waals surface area contributed by atoms with E-state index in [2.05, 4.69) is 9.97 Å². The Kier molecular flexibility index (Phi) is 3.89. The number of aromatic amines is 1. The lowest BCUT2D eigenvalue weighted by Crippen LogP contribution is -2.05. The Morgan fingerprint density at radius 3 is 2.55 bits per heavy atom. The Morgan fingerprint density at radius 2 is 1.95 bits per heavy atom. The molecule has 1 aromatic carbocycles. The van der Waals surface area contributed by atoms with Crippen molar-refractivity contribution >= 4 is 15.8 Å². The van der Waals surface area contributed by atoms with Crippen LogP contribution in [0.3, 0.4) is 0 Å². The molecular formula is C13H14N2O4S. The lowest BCUT2D eigenvalue weighted by Gasteiger charge is -2.02. The summed E-state index contributed by atoms with van der Waals surface area (Å²) >= 11 is 0. The third kappa shape index (κ3) is 3.05. The molecule has 0 fully saturated rings. The number of rotatable bonds is 4. The average Bonchev–Trinajstić information content (AvgIpc) is 2.86. The van der Waals surface area contributed by atoms with Crippen molar-refractivity contribution in [3.05, 3.63) is 41.7 Å². The second-order valence-corrected chi connectivity index (χ2v) is 6.18. The van der Waals surface area contributed by atoms with E-state index >= 15 is 0 Å². The van der Waals surface area contributed by atoms with Gasteiger partial charge in [-0.3, -0.25) is 4.79 Å². The number of carbonyl (C=O) groups is 1. The van der Waals surface area contributed by atoms with Gasteiger partial charge in [0.2, 0.25) is 15.0 Å². The number of nitrogens with one attached hydrogen (secondary N) is 1. The molecule has 2 aromatic rings. The number of ether oxygens (including phenoxy) is 1. The summed E-state index contributed by atoms with van der Waals surface area (Å²) in [5, 5.41) is -0.163. The fourth-order valence-electron chi connectivity index (χ4n) is 1.56. The highest BCUT2D eigenvalue weighted by atomic mass is 32.2. The van der Waals surface area contributed by atoms with Crippen molar-refractivity contribution in [3.63, 3.8) is 0 Å². The van der Waals surface area contributed by atoms with Gasteiger partial charge in [-0.25, -0.2) is 13.4 Å². The number of hydrogen-bond donors (Lipinski definition) is 1. The normalized spacial score (nSPS) is 11.3. The first-order valence-corrected chi connectivity index (χ1v) is 7.37. The predicted molar refractivity (Wildman–Crippen MR) is 70.7 cm³/mol. The van der Waals surface area contributed by atoms with E-state index in [1.54, 1.807) is 12.1 Å². The van der Waals surface area contributed by atoms with Crippen LogP contribution in [0.2, 0.25) is 0 Å². The number of benzene rings is 1. The van der Waals surface area contributed by atoms with Crippen LogP contribution in [-0.2, 0) is 26.0 Å². The minimum Gasteiger partial charge on any atom is -0.459 e. The van der Waals surface area contributed by atoms with Crippen LogP contribution >= 0.6 is 0 Å². The molecule has 0 amide bonds. The Bertz CT molecular complexity index is 717. The molecule has 0 saturated carbocycles. The molecule has 6 nitrogen and oxygen atoms in total. The molecule has 106 valence electrons. The highest BCUT2D eigenvalue weighted by Crippen LogP contribution is 2.18. The van der Waals surface area contributed by atoms with E-state index in [1.807, 2.05) is 6.92 Å². The number of imidazole rings is 1. The molecule has 0 aliphatic rings. The Balaban J connectivity index is 2.26. The molecule has 0 aliphatic heterocycles. The fourth-order valence-corrected chi connectivity index (χ4v) is 2.73. The van der Waals surface area contributed by atoms with Crippen molar-refractivity contribution in [3.8, 4) is 0 Å². The minimum atomic E-state index is -3.68. The standard InChI is InChI=1S/C13H14N2O4S/c1-9-3-5-12(6-4-9)20(17,18)13-14-7-11(15-13)8-19-10(2)16/h3-7H,8H2,1-2H3,(H,14,15). The third-order valence-electron chi connectivity index (χ3n) is 2.62. The number of hydrogen-bond acceptors (Lipinski definition) is 5. The van der Waals surface area contributed by atoms with Crippen LogP contribution in [-0.4, -0.2) is 24.4 Å². The zero-order valence-electron chi connectivity index (χ0n) is 11.1. The molecule has 1 aromatic heterocycles. The Hall–Kier alpha value is -2.15. The van der Waals surface area contributed by atoms with Crippen molar-refractivity contribution in [2.75, 3.05) is 0 Å². The first-order chi connectivity index (χ1) is 9.39. The summed E-state index contributed by atoms with van der Waals surface area (Å²) in [6.07, 6.45) is 1.34. The van der Waals surface area contributed by atoms with E-state index < -0.39 is 15.8 Å². The van der Waals surface area contributed by atoms with Gasteiger partial charge < -0.3 is 9.72 Å². The first-order valence-electron chi connectivity index (χ1n) is 5.88. The molecule has 7 heteroatoms. The fraction of sp³-hybridized carbons (Fsp3) is 0.231. The van der Waals surface area contributed by atoms with Crippen LogP contribution in [0.15, 0.2) is 40.5 Å². The molecule has 0 atom stereocenters. The monoisotopic (exact) mass is 294 g/mol. The van der Waals surface area contributed by atoms with Gasteiger partial charge in [-0.2, -0.15) is 0 Å². The predicted octanol–water partition coefficient (Wildman–Crippen LogP) is 1.61. The van der Waals surface area contributed by atoms with E-state index in [0.29, 0.717) is 5.69 Å². The number of aromatic nitrogens is 2. The lowest BCUT2D eigenvalue weighted by molar-refractivity contribution is -0.142. The van der Waals surface area contributed by atoms with E-state index in [-0.39, 0.29) is 16.7 Å². The van der Waals surface area contributed by atoms with Crippen LogP contribution in [0.25, 0.3) is 0 Å². The molecule has 20 heavy (non-hydrogen) atoms. The van der Waals surface area contributed by atoms with Gasteiger partial charge in [-0.15, -0.1) is 0 Å². The first kappa shape index (κ1) is 14.3. The molecule has 0 spiro atoms. The van der Waals surface area contributed by atoms with Gasteiger partial charge in [0.05, 0.1) is 16.8 Å². The number of nitrogens with zero attached hydrogens (tertiary/aromatic N) is 1. The maximum Gasteiger partial charge on any atom is 0.303 e. The molecular weight excluding hydrogens is 280 g/mol. The van der Waals surface area contributed by atoms with E-state index in [9.17, 15) is 13.2 Å². The maximum atomic E-state index is 12.3. The molecule has 1 N–H and O–H groups in total. The quantitative estimate of drug-likeness (QED) is 0.865. The minimum absolute atomic E-state index is 0.0360. The largest absolute Gasteiger partial charge is 0.459 e. The molecule has 0 saturated heterocycles. The topological polar surface area (TPSA) is 89.1 Å². The number of esters is 1. The van der Waals surface area contributed by atoms with Gasteiger partial charge in [0.25, 0.3) is 0 Å². The van der Waals surface area contributed by atoms with Gasteiger partial charge in [-0.05, 0) is 19.1 Å². The number of H-pyrrole nitrogens is 1. The van der Waals surface area contributed by atoms with Crippen LogP contribution in [0.1, 0.15) is 18.2 Å². The van der Waals surface area contributed by atoms with Crippen LogP contribution < -0.4 is 0 Å². The summed E-state index contributed by atoms with van der Waals surface area (Å²) in [4.78, 5) is 17.3. The van der Waals surface area contributed by atoms with Crippen LogP contribution in [0, 0.1) is 6.92 Å². The molecule has 2 rings (SSSR count). The molecule has 0 radical (unpaired) electrons. The summed E-state index contributed by atoms with van der Waals surface area (Å²) in [7, 11) is -3.68. The highest BCUT2D eigenvalue weighted by Gasteiger charge is 2.21. The average molecular weight is 294 g/mol. The number of aryl methyl sites for hydroxylation is 1. The zero-order chi connectivity index (χ0) is 14.8. The van der Waals surface area contributed by atoms with Gasteiger partial charge in [0.15, 0.2) is 0 Å². The van der Waals surface area contributed by atoms with E-state index in [1.165, 1.54) is 25.3 Å². The van der Waals surface area contributed by atoms with Gasteiger partial charge in [0, 0.05) is 6.92 Å². The van der Waals surface area contributed by atoms with E-state index in [4.69, 9.17) is 4.74 Å². The Labute approximate surface area is 116 Å². The van der Waals surface area contributed by atoms with Crippen molar-refractivity contribution in [1.29, 1.82) is 0 Å². The summed E-state index contributed by atoms with van der Waals surface area (Å²) in [6.45, 7) is 3.12. The summed E-state index contributed by atoms with van der Waals surface area (Å²) in [5.74, 6) is -0.442. The van der Waals surface area contributed by atoms with Crippen molar-refractivity contribution < 1.29 is 17.9 Å². The van der Waals surface area contributed by atoms with Crippen molar-refractivity contribution in [2.24, 2.45) is 0 Å². The molecule has 1 heterocycles. The second kappa shape index (κ2) is 5.46. The van der Waals surface area contributed by atoms with Crippen LogP contribution in [0.4, 0.5) is 0 Å². The van der Waals surface area contributed by atoms with Crippen LogP contribution in [0.5, 0.6) is 0 Å². The summed E-state index contributed by atoms with van der Waals surface area (Å²) in [6, 6.07) is 6.49. The zero-order valence-corrected chi connectivity index (χ0v) is 11.9. The SMILES string of the molecule is CC(=O)OCc1cnc(S(=O)(=O)c2ccc(C)cc2)[nH]1. The van der Waals surface area contributed by atoms with Gasteiger partial charge in [-0.1, -0.05) is 17.7 Å². The Morgan fingerprint density at radius 1 is 1.30 bits per heavy atom. The van der Waals surface area contributed by atoms with Gasteiger partial charge in [0.1, 0.15) is 6.61 Å². The smallest absolute Gasteiger partial charge is 0.303 e. The van der Waals surface area contributed by atoms with Crippen molar-refractivity contribution in [1.82, 2.24) is 9.97 Å². The van der Waals surface area contributed by atoms with E-state index in [0.717, 1.165) is 5.56 Å². The molecule has 0 bridgehead atoms. The number of carbonyl (C=O) groups excluding carboxylic acids is 1. The van der Waals surface area contributed by atoms with Gasteiger partial charge >= 0.3 is 5.97 Å². The lowest BCUT2D eigenvalue weighted by atomic mass is 10.2. The summed E-state index contributed by atoms with van der Waals surface area (Å²) in [5.41, 5.74) is 1.39. The maximum absolute atomic E-state index is 12.3.